The van der Waals surface area contributed by atoms with Crippen LogP contribution in [-0.4, -0.2) is 44.8 Å². The molecule has 2 aliphatic rings. The Hall–Kier alpha value is -2.70. The van der Waals surface area contributed by atoms with Crippen molar-refractivity contribution in [3.63, 3.8) is 0 Å². The van der Waals surface area contributed by atoms with Crippen molar-refractivity contribution < 1.29 is 19.1 Å². The second-order valence-electron chi connectivity index (χ2n) is 6.59. The van der Waals surface area contributed by atoms with Gasteiger partial charge in [-0.3, -0.25) is 9.59 Å². The number of carboxylic acids is 1. The molecule has 7 heteroatoms. The van der Waals surface area contributed by atoms with Gasteiger partial charge in [0.1, 0.15) is 5.82 Å². The minimum Gasteiger partial charge on any atom is -0.481 e. The van der Waals surface area contributed by atoms with Crippen LogP contribution in [0.15, 0.2) is 24.3 Å². The number of aromatic nitrogens is 2. The predicted octanol–water partition coefficient (Wildman–Crippen LogP) is 2.05. The minimum absolute atomic E-state index is 0.218. The van der Waals surface area contributed by atoms with Gasteiger partial charge in [0.25, 0.3) is 5.91 Å². The summed E-state index contributed by atoms with van der Waals surface area (Å²) in [6.45, 7) is 0.646. The van der Waals surface area contributed by atoms with E-state index in [1.807, 2.05) is 0 Å². The molecule has 1 aliphatic carbocycles. The molecule has 130 valence electrons. The standard InChI is InChI=1S/C18H18FN3O3/c19-12-3-1-4-13(9-12)22-15-6-2-5-14(15)16(20-22)17(23)21-8-7-11(10-21)18(24)25/h1,3-4,9,11H,2,5-8,10H2,(H,24,25). The van der Waals surface area contributed by atoms with Crippen LogP contribution in [0.3, 0.4) is 0 Å². The molecule has 1 saturated heterocycles. The lowest BCUT2D eigenvalue weighted by Gasteiger charge is -2.14. The van der Waals surface area contributed by atoms with E-state index in [1.165, 1.54) is 12.1 Å². The molecule has 0 radical (unpaired) electrons. The Labute approximate surface area is 143 Å². The van der Waals surface area contributed by atoms with Crippen molar-refractivity contribution in [3.8, 4) is 5.69 Å². The van der Waals surface area contributed by atoms with Gasteiger partial charge in [0.05, 0.1) is 11.6 Å². The Morgan fingerprint density at radius 2 is 2.12 bits per heavy atom. The number of halogens is 1. The van der Waals surface area contributed by atoms with Gasteiger partial charge in [-0.2, -0.15) is 5.10 Å². The van der Waals surface area contributed by atoms with E-state index < -0.39 is 11.9 Å². The molecule has 25 heavy (non-hydrogen) atoms. The SMILES string of the molecule is O=C(O)C1CCN(C(=O)c2nn(-c3cccc(F)c3)c3c2CCC3)C1. The van der Waals surface area contributed by atoms with Gasteiger partial charge in [-0.15, -0.1) is 0 Å². The second kappa shape index (κ2) is 5.98. The molecule has 1 atom stereocenters. The van der Waals surface area contributed by atoms with Crippen LogP contribution < -0.4 is 0 Å². The molecule has 1 aliphatic heterocycles. The number of likely N-dealkylation sites (tertiary alicyclic amines) is 1. The highest BCUT2D eigenvalue weighted by molar-refractivity contribution is 5.95. The number of nitrogens with zero attached hydrogens (tertiary/aromatic N) is 3. The van der Waals surface area contributed by atoms with E-state index in [0.29, 0.717) is 24.3 Å². The third kappa shape index (κ3) is 2.69. The lowest BCUT2D eigenvalue weighted by molar-refractivity contribution is -0.141. The number of benzene rings is 1. The smallest absolute Gasteiger partial charge is 0.308 e. The fourth-order valence-corrected chi connectivity index (χ4v) is 3.73. The van der Waals surface area contributed by atoms with Crippen LogP contribution in [0.4, 0.5) is 4.39 Å². The summed E-state index contributed by atoms with van der Waals surface area (Å²) >= 11 is 0. The summed E-state index contributed by atoms with van der Waals surface area (Å²) in [6, 6.07) is 6.15. The maximum Gasteiger partial charge on any atom is 0.308 e. The zero-order chi connectivity index (χ0) is 17.6. The Bertz CT molecular complexity index is 861. The second-order valence-corrected chi connectivity index (χ2v) is 6.59. The molecule has 1 aromatic heterocycles. The van der Waals surface area contributed by atoms with Crippen molar-refractivity contribution in [2.45, 2.75) is 25.7 Å². The van der Waals surface area contributed by atoms with Crippen molar-refractivity contribution in [1.29, 1.82) is 0 Å². The Kier molecular flexibility index (Phi) is 3.78. The molecule has 0 saturated carbocycles. The van der Waals surface area contributed by atoms with Gasteiger partial charge in [-0.25, -0.2) is 9.07 Å². The van der Waals surface area contributed by atoms with Crippen LogP contribution in [-0.2, 0) is 17.6 Å². The fourth-order valence-electron chi connectivity index (χ4n) is 3.73. The first kappa shape index (κ1) is 15.8. The van der Waals surface area contributed by atoms with Crippen LogP contribution in [0, 0.1) is 11.7 Å². The zero-order valence-electron chi connectivity index (χ0n) is 13.6. The first-order valence-electron chi connectivity index (χ1n) is 8.43. The van der Waals surface area contributed by atoms with Crippen molar-refractivity contribution >= 4 is 11.9 Å². The number of hydrogen-bond acceptors (Lipinski definition) is 3. The van der Waals surface area contributed by atoms with Gasteiger partial charge >= 0.3 is 5.97 Å². The lowest BCUT2D eigenvalue weighted by Crippen LogP contribution is -2.31. The number of amides is 1. The molecule has 1 N–H and O–H groups in total. The van der Waals surface area contributed by atoms with Crippen molar-refractivity contribution in [1.82, 2.24) is 14.7 Å². The molecule has 6 nitrogen and oxygen atoms in total. The zero-order valence-corrected chi connectivity index (χ0v) is 13.6. The number of aliphatic carboxylic acids is 1. The van der Waals surface area contributed by atoms with Gasteiger partial charge < -0.3 is 10.0 Å². The molecule has 1 unspecified atom stereocenters. The molecule has 0 bridgehead atoms. The van der Waals surface area contributed by atoms with Gasteiger partial charge in [0.15, 0.2) is 5.69 Å². The van der Waals surface area contributed by atoms with Gasteiger partial charge in [-0.1, -0.05) is 6.07 Å². The first-order valence-corrected chi connectivity index (χ1v) is 8.43. The van der Waals surface area contributed by atoms with E-state index in [2.05, 4.69) is 5.10 Å². The highest BCUT2D eigenvalue weighted by Crippen LogP contribution is 2.30. The molecule has 4 rings (SSSR count). The molecular weight excluding hydrogens is 325 g/mol. The maximum atomic E-state index is 13.6. The minimum atomic E-state index is -0.870. The predicted molar refractivity (Wildman–Crippen MR) is 87.2 cm³/mol. The van der Waals surface area contributed by atoms with E-state index in [0.717, 1.165) is 30.5 Å². The Morgan fingerprint density at radius 3 is 2.84 bits per heavy atom. The highest BCUT2D eigenvalue weighted by Gasteiger charge is 2.35. The van der Waals surface area contributed by atoms with E-state index in [1.54, 1.807) is 21.7 Å². The number of carboxylic acid groups (broad SMARTS) is 1. The average Bonchev–Trinajstić information content (AvgIpc) is 3.30. The molecule has 1 aromatic carbocycles. The molecule has 2 heterocycles. The summed E-state index contributed by atoms with van der Waals surface area (Å²) in [5.41, 5.74) is 2.83. The summed E-state index contributed by atoms with van der Waals surface area (Å²) < 4.78 is 15.2. The third-order valence-electron chi connectivity index (χ3n) is 5.01. The number of carbonyl (C=O) groups excluding carboxylic acids is 1. The number of fused-ring (bicyclic) bond motifs is 1. The van der Waals surface area contributed by atoms with Crippen LogP contribution in [0.1, 0.15) is 34.6 Å². The van der Waals surface area contributed by atoms with Gasteiger partial charge in [0.2, 0.25) is 0 Å². The van der Waals surface area contributed by atoms with E-state index >= 15 is 0 Å². The molecule has 2 aromatic rings. The third-order valence-corrected chi connectivity index (χ3v) is 5.01. The summed E-state index contributed by atoms with van der Waals surface area (Å²) in [5, 5.41) is 13.6. The van der Waals surface area contributed by atoms with Crippen LogP contribution >= 0.6 is 0 Å². The molecule has 0 spiro atoms. The van der Waals surface area contributed by atoms with Crippen molar-refractivity contribution in [2.75, 3.05) is 13.1 Å². The summed E-state index contributed by atoms with van der Waals surface area (Å²) in [6.07, 6.45) is 2.96. The van der Waals surface area contributed by atoms with E-state index in [-0.39, 0.29) is 18.3 Å². The van der Waals surface area contributed by atoms with Gasteiger partial charge in [0, 0.05) is 24.3 Å². The van der Waals surface area contributed by atoms with E-state index in [4.69, 9.17) is 5.11 Å². The Balaban J connectivity index is 1.68. The monoisotopic (exact) mass is 343 g/mol. The largest absolute Gasteiger partial charge is 0.481 e. The number of hydrogen-bond donors (Lipinski definition) is 1. The molecular formula is C18H18FN3O3. The summed E-state index contributed by atoms with van der Waals surface area (Å²) in [7, 11) is 0. The van der Waals surface area contributed by atoms with Crippen molar-refractivity contribution in [2.24, 2.45) is 5.92 Å². The van der Waals surface area contributed by atoms with Crippen LogP contribution in [0.25, 0.3) is 5.69 Å². The van der Waals surface area contributed by atoms with Crippen molar-refractivity contribution in [3.05, 3.63) is 47.0 Å². The molecule has 1 amide bonds. The molecule has 1 fully saturated rings. The normalized spacial score (nSPS) is 19.2. The van der Waals surface area contributed by atoms with E-state index in [9.17, 15) is 14.0 Å². The lowest BCUT2D eigenvalue weighted by atomic mass is 10.1. The summed E-state index contributed by atoms with van der Waals surface area (Å²) in [4.78, 5) is 25.6. The maximum absolute atomic E-state index is 13.6. The summed E-state index contributed by atoms with van der Waals surface area (Å²) in [5.74, 6) is -1.96. The number of carbonyl (C=O) groups is 2. The van der Waals surface area contributed by atoms with Crippen LogP contribution in [0.5, 0.6) is 0 Å². The number of rotatable bonds is 3. The Morgan fingerprint density at radius 1 is 1.28 bits per heavy atom. The fraction of sp³-hybridized carbons (Fsp3) is 0.389. The average molecular weight is 343 g/mol. The topological polar surface area (TPSA) is 75.4 Å². The van der Waals surface area contributed by atoms with Gasteiger partial charge in [-0.05, 0) is 43.9 Å². The first-order chi connectivity index (χ1) is 12.0. The van der Waals surface area contributed by atoms with Crippen LogP contribution in [0.2, 0.25) is 0 Å². The quantitative estimate of drug-likeness (QED) is 0.925. The highest BCUT2D eigenvalue weighted by atomic mass is 19.1.